The average Bonchev–Trinajstić information content (AvgIpc) is 2.90. The predicted molar refractivity (Wildman–Crippen MR) is 72.1 cm³/mol. The Morgan fingerprint density at radius 3 is 2.83 bits per heavy atom. The standard InChI is InChI=1S/C14H16ClNO2/c1-11(13-7-4-9-17-13)16-8-10-18-14-6-3-2-5-12(14)15/h2-7,9,11,16H,8,10H2,1H3. The van der Waals surface area contributed by atoms with Crippen LogP contribution in [-0.2, 0) is 0 Å². The summed E-state index contributed by atoms with van der Waals surface area (Å²) >= 11 is 5.99. The van der Waals surface area contributed by atoms with Crippen LogP contribution in [0.5, 0.6) is 5.75 Å². The lowest BCUT2D eigenvalue weighted by molar-refractivity contribution is 0.302. The minimum Gasteiger partial charge on any atom is -0.491 e. The van der Waals surface area contributed by atoms with Gasteiger partial charge < -0.3 is 14.5 Å². The quantitative estimate of drug-likeness (QED) is 0.810. The Hall–Kier alpha value is -1.45. The van der Waals surface area contributed by atoms with Crippen molar-refractivity contribution in [1.82, 2.24) is 5.32 Å². The van der Waals surface area contributed by atoms with E-state index in [-0.39, 0.29) is 6.04 Å². The molecule has 0 aliphatic heterocycles. The van der Waals surface area contributed by atoms with Crippen LogP contribution in [0.15, 0.2) is 47.1 Å². The zero-order valence-corrected chi connectivity index (χ0v) is 11.0. The number of rotatable bonds is 6. The van der Waals surface area contributed by atoms with Crippen molar-refractivity contribution in [2.45, 2.75) is 13.0 Å². The summed E-state index contributed by atoms with van der Waals surface area (Å²) in [6, 6.07) is 11.5. The summed E-state index contributed by atoms with van der Waals surface area (Å²) in [4.78, 5) is 0. The summed E-state index contributed by atoms with van der Waals surface area (Å²) in [7, 11) is 0. The maximum absolute atomic E-state index is 5.99. The van der Waals surface area contributed by atoms with E-state index in [0.29, 0.717) is 17.4 Å². The average molecular weight is 266 g/mol. The number of benzene rings is 1. The van der Waals surface area contributed by atoms with Crippen LogP contribution in [0.4, 0.5) is 0 Å². The van der Waals surface area contributed by atoms with Crippen LogP contribution in [0, 0.1) is 0 Å². The van der Waals surface area contributed by atoms with E-state index in [1.807, 2.05) is 43.3 Å². The zero-order chi connectivity index (χ0) is 12.8. The van der Waals surface area contributed by atoms with E-state index in [9.17, 15) is 0 Å². The van der Waals surface area contributed by atoms with Crippen molar-refractivity contribution in [2.75, 3.05) is 13.2 Å². The highest BCUT2D eigenvalue weighted by molar-refractivity contribution is 6.32. The number of furan rings is 1. The van der Waals surface area contributed by atoms with E-state index >= 15 is 0 Å². The summed E-state index contributed by atoms with van der Waals surface area (Å²) in [5.74, 6) is 1.64. The zero-order valence-electron chi connectivity index (χ0n) is 10.2. The van der Waals surface area contributed by atoms with E-state index in [1.54, 1.807) is 6.26 Å². The van der Waals surface area contributed by atoms with Gasteiger partial charge in [-0.1, -0.05) is 23.7 Å². The topological polar surface area (TPSA) is 34.4 Å². The Morgan fingerprint density at radius 1 is 1.28 bits per heavy atom. The summed E-state index contributed by atoms with van der Waals surface area (Å²) < 4.78 is 10.9. The number of hydrogen-bond donors (Lipinski definition) is 1. The van der Waals surface area contributed by atoms with Crippen molar-refractivity contribution >= 4 is 11.6 Å². The Balaban J connectivity index is 1.72. The molecule has 3 nitrogen and oxygen atoms in total. The first-order chi connectivity index (χ1) is 8.77. The molecule has 0 radical (unpaired) electrons. The minimum atomic E-state index is 0.176. The van der Waals surface area contributed by atoms with Crippen LogP contribution in [0.2, 0.25) is 5.02 Å². The lowest BCUT2D eigenvalue weighted by atomic mass is 10.2. The van der Waals surface area contributed by atoms with E-state index in [2.05, 4.69) is 5.32 Å². The normalized spacial score (nSPS) is 12.3. The highest BCUT2D eigenvalue weighted by Crippen LogP contribution is 2.22. The Kier molecular flexibility index (Phi) is 4.67. The molecular formula is C14H16ClNO2. The molecule has 0 saturated heterocycles. The van der Waals surface area contributed by atoms with Gasteiger partial charge in [-0.25, -0.2) is 0 Å². The monoisotopic (exact) mass is 265 g/mol. The molecule has 18 heavy (non-hydrogen) atoms. The van der Waals surface area contributed by atoms with Crippen molar-refractivity contribution in [1.29, 1.82) is 0 Å². The molecule has 0 aliphatic carbocycles. The second-order valence-corrected chi connectivity index (χ2v) is 4.38. The molecule has 1 unspecified atom stereocenters. The van der Waals surface area contributed by atoms with Gasteiger partial charge in [-0.3, -0.25) is 0 Å². The second-order valence-electron chi connectivity index (χ2n) is 3.97. The number of para-hydroxylation sites is 1. The summed E-state index contributed by atoms with van der Waals surface area (Å²) in [6.07, 6.45) is 1.67. The van der Waals surface area contributed by atoms with Crippen LogP contribution in [0.1, 0.15) is 18.7 Å². The van der Waals surface area contributed by atoms with Crippen LogP contribution in [0.3, 0.4) is 0 Å². The van der Waals surface area contributed by atoms with Crippen molar-refractivity contribution in [3.8, 4) is 5.75 Å². The van der Waals surface area contributed by atoms with Crippen molar-refractivity contribution in [2.24, 2.45) is 0 Å². The largest absolute Gasteiger partial charge is 0.491 e. The molecule has 1 atom stereocenters. The summed E-state index contributed by atoms with van der Waals surface area (Å²) in [6.45, 7) is 3.34. The Morgan fingerprint density at radius 2 is 2.11 bits per heavy atom. The Labute approximate surface area is 112 Å². The molecule has 1 aromatic heterocycles. The number of nitrogens with one attached hydrogen (secondary N) is 1. The first-order valence-electron chi connectivity index (χ1n) is 5.91. The van der Waals surface area contributed by atoms with Crippen LogP contribution < -0.4 is 10.1 Å². The maximum atomic E-state index is 5.99. The van der Waals surface area contributed by atoms with Gasteiger partial charge in [0.2, 0.25) is 0 Å². The predicted octanol–water partition coefficient (Wildman–Crippen LogP) is 3.66. The summed E-state index contributed by atoms with van der Waals surface area (Å²) in [5.41, 5.74) is 0. The molecule has 0 aliphatic rings. The first-order valence-corrected chi connectivity index (χ1v) is 6.29. The fourth-order valence-corrected chi connectivity index (χ4v) is 1.83. The molecule has 96 valence electrons. The number of halogens is 1. The molecule has 0 saturated carbocycles. The van der Waals surface area contributed by atoms with Gasteiger partial charge in [0, 0.05) is 6.54 Å². The molecule has 1 heterocycles. The third-order valence-corrected chi connectivity index (χ3v) is 2.93. The van der Waals surface area contributed by atoms with Crippen molar-refractivity contribution in [3.05, 3.63) is 53.4 Å². The van der Waals surface area contributed by atoms with Crippen LogP contribution >= 0.6 is 11.6 Å². The second kappa shape index (κ2) is 6.47. The van der Waals surface area contributed by atoms with Gasteiger partial charge in [-0.2, -0.15) is 0 Å². The van der Waals surface area contributed by atoms with Gasteiger partial charge >= 0.3 is 0 Å². The first kappa shape index (κ1) is 13.0. The van der Waals surface area contributed by atoms with Gasteiger partial charge in [0.1, 0.15) is 18.1 Å². The van der Waals surface area contributed by atoms with E-state index in [4.69, 9.17) is 20.8 Å². The fraction of sp³-hybridized carbons (Fsp3) is 0.286. The van der Waals surface area contributed by atoms with Gasteiger partial charge in [-0.15, -0.1) is 0 Å². The molecule has 0 spiro atoms. The maximum Gasteiger partial charge on any atom is 0.137 e. The number of ether oxygens (including phenoxy) is 1. The molecule has 0 fully saturated rings. The van der Waals surface area contributed by atoms with Gasteiger partial charge in [-0.05, 0) is 31.2 Å². The minimum absolute atomic E-state index is 0.176. The van der Waals surface area contributed by atoms with Gasteiger partial charge in [0.15, 0.2) is 0 Å². The molecular weight excluding hydrogens is 250 g/mol. The summed E-state index contributed by atoms with van der Waals surface area (Å²) in [5, 5.41) is 3.95. The van der Waals surface area contributed by atoms with Gasteiger partial charge in [0.05, 0.1) is 17.3 Å². The molecule has 4 heteroatoms. The Bertz CT molecular complexity index is 470. The molecule has 2 aromatic rings. The molecule has 1 N–H and O–H groups in total. The van der Waals surface area contributed by atoms with Gasteiger partial charge in [0.25, 0.3) is 0 Å². The lowest BCUT2D eigenvalue weighted by Gasteiger charge is -2.12. The number of hydrogen-bond acceptors (Lipinski definition) is 3. The fourth-order valence-electron chi connectivity index (χ4n) is 1.64. The smallest absolute Gasteiger partial charge is 0.137 e. The van der Waals surface area contributed by atoms with Crippen molar-refractivity contribution < 1.29 is 9.15 Å². The van der Waals surface area contributed by atoms with Crippen LogP contribution in [0.25, 0.3) is 0 Å². The van der Waals surface area contributed by atoms with Crippen molar-refractivity contribution in [3.63, 3.8) is 0 Å². The third kappa shape index (κ3) is 3.52. The highest BCUT2D eigenvalue weighted by Gasteiger charge is 2.06. The SMILES string of the molecule is CC(NCCOc1ccccc1Cl)c1ccco1. The van der Waals surface area contributed by atoms with E-state index in [1.165, 1.54) is 0 Å². The molecule has 1 aromatic carbocycles. The molecule has 0 amide bonds. The lowest BCUT2D eigenvalue weighted by Crippen LogP contribution is -2.24. The van der Waals surface area contributed by atoms with Crippen LogP contribution in [-0.4, -0.2) is 13.2 Å². The van der Waals surface area contributed by atoms with E-state index in [0.717, 1.165) is 12.3 Å². The van der Waals surface area contributed by atoms with E-state index < -0.39 is 0 Å². The molecule has 0 bridgehead atoms. The third-order valence-electron chi connectivity index (χ3n) is 2.62. The molecule has 2 rings (SSSR count). The highest BCUT2D eigenvalue weighted by atomic mass is 35.5.